The molecular weight excluding hydrogens is 369 g/mol. The van der Waals surface area contributed by atoms with Crippen LogP contribution in [0.15, 0.2) is 9.59 Å². The van der Waals surface area contributed by atoms with E-state index in [4.69, 9.17) is 0 Å². The Morgan fingerprint density at radius 2 is 1.70 bits per heavy atom. The van der Waals surface area contributed by atoms with Gasteiger partial charge in [-0.3, -0.25) is 23.5 Å². The summed E-state index contributed by atoms with van der Waals surface area (Å²) in [5, 5.41) is 3.77. The third-order valence-corrected chi connectivity index (χ3v) is 5.32. The van der Waals surface area contributed by atoms with Crippen molar-refractivity contribution in [1.82, 2.24) is 14.5 Å². The number of halogens is 3. The van der Waals surface area contributed by atoms with E-state index in [0.717, 1.165) is 25.1 Å². The number of nitrogens with zero attached hydrogens (tertiary/aromatic N) is 2. The first-order valence-electron chi connectivity index (χ1n) is 8.53. The Bertz CT molecular complexity index is 927. The van der Waals surface area contributed by atoms with Crippen LogP contribution in [-0.2, 0) is 29.2 Å². The predicted octanol–water partition coefficient (Wildman–Crippen LogP) is 0.490. The van der Waals surface area contributed by atoms with E-state index in [-0.39, 0.29) is 0 Å². The molecule has 148 valence electrons. The minimum atomic E-state index is -5.28. The number of amides is 2. The second-order valence-electron chi connectivity index (χ2n) is 6.96. The Labute approximate surface area is 151 Å². The third kappa shape index (κ3) is 2.67. The molecule has 1 aliphatic carbocycles. The summed E-state index contributed by atoms with van der Waals surface area (Å²) in [5.74, 6) is -3.75. The number of carbonyl (C=O) groups is 2. The fourth-order valence-electron chi connectivity index (χ4n) is 3.76. The minimum Gasteiger partial charge on any atom is -0.330 e. The molecule has 1 aliphatic heterocycles. The van der Waals surface area contributed by atoms with Crippen LogP contribution < -0.4 is 21.9 Å². The summed E-state index contributed by atoms with van der Waals surface area (Å²) in [4.78, 5) is 49.5. The van der Waals surface area contributed by atoms with Crippen molar-refractivity contribution in [2.45, 2.75) is 43.8 Å². The number of alkyl halides is 3. The topological polar surface area (TPSA) is 102 Å². The zero-order chi connectivity index (χ0) is 20.1. The van der Waals surface area contributed by atoms with Crippen LogP contribution in [0.3, 0.4) is 0 Å². The molecule has 0 spiro atoms. The van der Waals surface area contributed by atoms with Gasteiger partial charge in [-0.05, 0) is 12.8 Å². The van der Waals surface area contributed by atoms with Gasteiger partial charge in [-0.1, -0.05) is 19.3 Å². The van der Waals surface area contributed by atoms with Gasteiger partial charge >= 0.3 is 11.9 Å². The lowest BCUT2D eigenvalue weighted by atomic mass is 9.86. The Kier molecular flexibility index (Phi) is 4.43. The first kappa shape index (κ1) is 19.2. The summed E-state index contributed by atoms with van der Waals surface area (Å²) in [6.45, 7) is 0. The quantitative estimate of drug-likeness (QED) is 0.770. The molecule has 27 heavy (non-hydrogen) atoms. The van der Waals surface area contributed by atoms with Crippen LogP contribution in [0, 0.1) is 5.92 Å². The maximum Gasteiger partial charge on any atom is 0.425 e. The van der Waals surface area contributed by atoms with Crippen molar-refractivity contribution in [3.63, 3.8) is 0 Å². The number of rotatable bonds is 2. The Hall–Kier alpha value is -2.59. The molecule has 0 aromatic carbocycles. The fourth-order valence-corrected chi connectivity index (χ4v) is 3.76. The number of hydrogen-bond donors (Lipinski definition) is 2. The van der Waals surface area contributed by atoms with Crippen LogP contribution in [-0.4, -0.2) is 27.1 Å². The van der Waals surface area contributed by atoms with Crippen LogP contribution in [0.5, 0.6) is 0 Å². The van der Waals surface area contributed by atoms with Crippen LogP contribution in [0.4, 0.5) is 19.0 Å². The first-order valence-corrected chi connectivity index (χ1v) is 8.53. The molecule has 0 radical (unpaired) electrons. The van der Waals surface area contributed by atoms with E-state index in [1.807, 2.05) is 10.6 Å². The number of hydrogen-bond acceptors (Lipinski definition) is 4. The maximum absolute atomic E-state index is 14.1. The molecule has 0 saturated heterocycles. The smallest absolute Gasteiger partial charge is 0.330 e. The number of carbonyl (C=O) groups excluding carboxylic acids is 2. The summed E-state index contributed by atoms with van der Waals surface area (Å²) in [5.41, 5.74) is -6.70. The highest BCUT2D eigenvalue weighted by molar-refractivity contribution is 6.07. The molecule has 1 fully saturated rings. The van der Waals surface area contributed by atoms with Crippen LogP contribution in [0.25, 0.3) is 0 Å². The summed E-state index contributed by atoms with van der Waals surface area (Å²) >= 11 is 0. The molecule has 1 aromatic heterocycles. The first-order chi connectivity index (χ1) is 12.5. The van der Waals surface area contributed by atoms with Crippen molar-refractivity contribution >= 4 is 17.6 Å². The molecule has 2 aliphatic rings. The van der Waals surface area contributed by atoms with Gasteiger partial charge in [0.1, 0.15) is 11.4 Å². The Morgan fingerprint density at radius 3 is 2.26 bits per heavy atom. The second kappa shape index (κ2) is 6.24. The van der Waals surface area contributed by atoms with E-state index in [1.165, 1.54) is 0 Å². The molecule has 0 bridgehead atoms. The molecular formula is C16H19F3N4O4. The van der Waals surface area contributed by atoms with E-state index >= 15 is 0 Å². The highest BCUT2D eigenvalue weighted by Gasteiger charge is 2.68. The average molecular weight is 388 g/mol. The predicted molar refractivity (Wildman–Crippen MR) is 88.0 cm³/mol. The summed E-state index contributed by atoms with van der Waals surface area (Å²) in [6.07, 6.45) is -2.15. The summed E-state index contributed by atoms with van der Waals surface area (Å²) in [7, 11) is 2.15. The standard InChI is InChI=1S/C16H19F3N4O4/c1-22-10-9(12(25)23(2)14(22)27)15(13(26)20-10,16(17,18)19)21-11(24)8-6-4-3-5-7-8/h8H,3-7H2,1-2H3,(H,20,26)(H,21,24). The lowest BCUT2D eigenvalue weighted by Crippen LogP contribution is -2.63. The Balaban J connectivity index is 2.20. The molecule has 1 saturated carbocycles. The van der Waals surface area contributed by atoms with Crippen LogP contribution in [0.1, 0.15) is 37.7 Å². The maximum atomic E-state index is 14.1. The van der Waals surface area contributed by atoms with Gasteiger partial charge in [-0.15, -0.1) is 0 Å². The second-order valence-corrected chi connectivity index (χ2v) is 6.96. The molecule has 1 unspecified atom stereocenters. The average Bonchev–Trinajstić information content (AvgIpc) is 2.92. The van der Waals surface area contributed by atoms with Gasteiger partial charge in [0.25, 0.3) is 11.5 Å². The normalized spacial score (nSPS) is 23.1. The molecule has 1 atom stereocenters. The number of aromatic nitrogens is 2. The summed E-state index contributed by atoms with van der Waals surface area (Å²) in [6, 6.07) is 0. The third-order valence-electron chi connectivity index (χ3n) is 5.32. The molecule has 2 amide bonds. The van der Waals surface area contributed by atoms with Crippen molar-refractivity contribution in [3.8, 4) is 0 Å². The van der Waals surface area contributed by atoms with E-state index in [1.54, 1.807) is 0 Å². The minimum absolute atomic E-state index is 0.416. The number of anilines is 1. The van der Waals surface area contributed by atoms with Gasteiger partial charge in [0.05, 0.1) is 0 Å². The van der Waals surface area contributed by atoms with Gasteiger partial charge in [-0.25, -0.2) is 4.79 Å². The van der Waals surface area contributed by atoms with Crippen LogP contribution >= 0.6 is 0 Å². The Morgan fingerprint density at radius 1 is 1.11 bits per heavy atom. The lowest BCUT2D eigenvalue weighted by Gasteiger charge is -2.32. The van der Waals surface area contributed by atoms with Crippen molar-refractivity contribution in [3.05, 3.63) is 26.4 Å². The number of nitrogens with one attached hydrogen (secondary N) is 2. The molecule has 2 N–H and O–H groups in total. The van der Waals surface area contributed by atoms with Gasteiger partial charge in [0.2, 0.25) is 11.4 Å². The summed E-state index contributed by atoms with van der Waals surface area (Å²) < 4.78 is 43.5. The molecule has 1 aromatic rings. The van der Waals surface area contributed by atoms with Crippen LogP contribution in [0.2, 0.25) is 0 Å². The molecule has 2 heterocycles. The molecule has 8 nitrogen and oxygen atoms in total. The van der Waals surface area contributed by atoms with Crippen molar-refractivity contribution in [1.29, 1.82) is 0 Å². The van der Waals surface area contributed by atoms with Crippen molar-refractivity contribution < 1.29 is 22.8 Å². The lowest BCUT2D eigenvalue weighted by molar-refractivity contribution is -0.201. The largest absolute Gasteiger partial charge is 0.425 e. The van der Waals surface area contributed by atoms with Gasteiger partial charge < -0.3 is 10.6 Å². The monoisotopic (exact) mass is 388 g/mol. The molecule has 3 rings (SSSR count). The highest BCUT2D eigenvalue weighted by Crippen LogP contribution is 2.45. The number of fused-ring (bicyclic) bond motifs is 1. The van der Waals surface area contributed by atoms with E-state index in [2.05, 4.69) is 0 Å². The van der Waals surface area contributed by atoms with E-state index in [0.29, 0.717) is 30.3 Å². The molecule has 11 heteroatoms. The van der Waals surface area contributed by atoms with Gasteiger partial charge in [0, 0.05) is 20.0 Å². The van der Waals surface area contributed by atoms with Crippen molar-refractivity contribution in [2.24, 2.45) is 20.0 Å². The SMILES string of the molecule is Cn1c2c(c(=O)n(C)c1=O)C(NC(=O)C1CCCCC1)(C(F)(F)F)C(=O)N2. The highest BCUT2D eigenvalue weighted by atomic mass is 19.4. The zero-order valence-electron chi connectivity index (χ0n) is 14.8. The van der Waals surface area contributed by atoms with Gasteiger partial charge in [0.15, 0.2) is 0 Å². The van der Waals surface area contributed by atoms with E-state index in [9.17, 15) is 32.3 Å². The zero-order valence-corrected chi connectivity index (χ0v) is 14.8. The van der Waals surface area contributed by atoms with Gasteiger partial charge in [-0.2, -0.15) is 13.2 Å². The van der Waals surface area contributed by atoms with E-state index < -0.39 is 52.1 Å². The van der Waals surface area contributed by atoms with Crippen molar-refractivity contribution in [2.75, 3.05) is 5.32 Å². The fraction of sp³-hybridized carbons (Fsp3) is 0.625.